The van der Waals surface area contributed by atoms with E-state index in [1.165, 1.54) is 16.8 Å². The summed E-state index contributed by atoms with van der Waals surface area (Å²) in [5, 5.41) is 3.17. The molecule has 0 aliphatic carbocycles. The van der Waals surface area contributed by atoms with Crippen LogP contribution in [-0.2, 0) is 0 Å². The van der Waals surface area contributed by atoms with E-state index in [1.54, 1.807) is 7.11 Å². The fourth-order valence-corrected chi connectivity index (χ4v) is 2.17. The molecule has 1 N–H and O–H groups in total. The summed E-state index contributed by atoms with van der Waals surface area (Å²) in [4.78, 5) is 2.27. The normalized spacial score (nSPS) is 10.4. The maximum atomic E-state index is 5.48. The van der Waals surface area contributed by atoms with Crippen molar-refractivity contribution in [2.45, 2.75) is 20.3 Å². The van der Waals surface area contributed by atoms with Crippen molar-refractivity contribution in [2.75, 3.05) is 39.2 Å². The Hall–Kier alpha value is -1.22. The van der Waals surface area contributed by atoms with Gasteiger partial charge in [-0.3, -0.25) is 0 Å². The third kappa shape index (κ3) is 3.63. The number of methoxy groups -OCH3 is 1. The van der Waals surface area contributed by atoms with Gasteiger partial charge >= 0.3 is 0 Å². The summed E-state index contributed by atoms with van der Waals surface area (Å²) >= 11 is 0. The number of rotatable bonds is 6. The number of hydrogen-bond donors (Lipinski definition) is 1. The molecule has 3 heteroatoms. The van der Waals surface area contributed by atoms with E-state index in [2.05, 4.69) is 43.2 Å². The zero-order valence-corrected chi connectivity index (χ0v) is 11.6. The lowest BCUT2D eigenvalue weighted by Crippen LogP contribution is -2.23. The van der Waals surface area contributed by atoms with E-state index in [0.29, 0.717) is 0 Å². The molecule has 0 radical (unpaired) electrons. The first-order valence-corrected chi connectivity index (χ1v) is 6.11. The molecule has 0 aliphatic rings. The summed E-state index contributed by atoms with van der Waals surface area (Å²) in [5.41, 5.74) is 3.72. The average molecular weight is 236 g/mol. The van der Waals surface area contributed by atoms with Crippen LogP contribution >= 0.6 is 0 Å². The molecule has 1 aromatic rings. The van der Waals surface area contributed by atoms with E-state index < -0.39 is 0 Å². The van der Waals surface area contributed by atoms with Gasteiger partial charge in [0.05, 0.1) is 12.8 Å². The molecule has 1 rings (SSSR count). The minimum absolute atomic E-state index is 0.967. The van der Waals surface area contributed by atoms with Crippen LogP contribution in [0.2, 0.25) is 0 Å². The van der Waals surface area contributed by atoms with E-state index in [4.69, 9.17) is 4.74 Å². The zero-order valence-electron chi connectivity index (χ0n) is 11.6. The Morgan fingerprint density at radius 3 is 2.59 bits per heavy atom. The van der Waals surface area contributed by atoms with Crippen LogP contribution in [0.25, 0.3) is 0 Å². The predicted octanol–water partition coefficient (Wildman–Crippen LogP) is 2.36. The smallest absolute Gasteiger partial charge is 0.142 e. The molecule has 0 aromatic heterocycles. The first-order chi connectivity index (χ1) is 8.10. The van der Waals surface area contributed by atoms with Gasteiger partial charge in [0.25, 0.3) is 0 Å². The van der Waals surface area contributed by atoms with Crippen LogP contribution < -0.4 is 15.0 Å². The Labute approximate surface area is 105 Å². The Morgan fingerprint density at radius 1 is 1.29 bits per heavy atom. The summed E-state index contributed by atoms with van der Waals surface area (Å²) in [5.74, 6) is 0.967. The highest BCUT2D eigenvalue weighted by molar-refractivity contribution is 5.64. The first-order valence-electron chi connectivity index (χ1n) is 6.11. The van der Waals surface area contributed by atoms with Gasteiger partial charge in [0, 0.05) is 13.6 Å². The summed E-state index contributed by atoms with van der Waals surface area (Å²) in [7, 11) is 5.84. The van der Waals surface area contributed by atoms with Crippen molar-refractivity contribution >= 4 is 5.69 Å². The Morgan fingerprint density at radius 2 is 2.00 bits per heavy atom. The van der Waals surface area contributed by atoms with Crippen molar-refractivity contribution in [3.05, 3.63) is 23.3 Å². The van der Waals surface area contributed by atoms with Crippen molar-refractivity contribution < 1.29 is 4.74 Å². The van der Waals surface area contributed by atoms with Gasteiger partial charge in [0.15, 0.2) is 0 Å². The van der Waals surface area contributed by atoms with E-state index in [-0.39, 0.29) is 0 Å². The topological polar surface area (TPSA) is 24.5 Å². The Balaban J connectivity index is 2.87. The lowest BCUT2D eigenvalue weighted by Gasteiger charge is -2.24. The molecule has 0 fully saturated rings. The average Bonchev–Trinajstić information content (AvgIpc) is 2.27. The van der Waals surface area contributed by atoms with Crippen molar-refractivity contribution in [1.29, 1.82) is 0 Å². The van der Waals surface area contributed by atoms with Gasteiger partial charge in [-0.05, 0) is 51.1 Å². The largest absolute Gasteiger partial charge is 0.495 e. The molecule has 0 bridgehead atoms. The number of nitrogens with one attached hydrogen (secondary N) is 1. The zero-order chi connectivity index (χ0) is 12.8. The van der Waals surface area contributed by atoms with Crippen molar-refractivity contribution in [1.82, 2.24) is 5.32 Å². The fourth-order valence-electron chi connectivity index (χ4n) is 2.17. The molecule has 3 nitrogen and oxygen atoms in total. The summed E-state index contributed by atoms with van der Waals surface area (Å²) < 4.78 is 5.48. The monoisotopic (exact) mass is 236 g/mol. The molecule has 0 saturated carbocycles. The Kier molecular flexibility index (Phi) is 5.29. The molecule has 0 unspecified atom stereocenters. The van der Waals surface area contributed by atoms with Crippen LogP contribution in [0.15, 0.2) is 12.1 Å². The number of benzene rings is 1. The lowest BCUT2D eigenvalue weighted by molar-refractivity contribution is 0.414. The summed E-state index contributed by atoms with van der Waals surface area (Å²) in [6.07, 6.45) is 1.13. The Bertz CT molecular complexity index is 363. The minimum Gasteiger partial charge on any atom is -0.495 e. The highest BCUT2D eigenvalue weighted by Gasteiger charge is 2.11. The number of aryl methyl sites for hydroxylation is 2. The molecular formula is C14H24N2O. The third-order valence-electron chi connectivity index (χ3n) is 2.93. The van der Waals surface area contributed by atoms with E-state index in [0.717, 1.165) is 25.3 Å². The second-order valence-electron chi connectivity index (χ2n) is 4.51. The molecule has 1 aromatic carbocycles. The van der Waals surface area contributed by atoms with Crippen molar-refractivity contribution in [3.8, 4) is 5.75 Å². The van der Waals surface area contributed by atoms with Gasteiger partial charge in [0.1, 0.15) is 5.75 Å². The fraction of sp³-hybridized carbons (Fsp3) is 0.571. The van der Waals surface area contributed by atoms with Gasteiger partial charge in [0.2, 0.25) is 0 Å². The maximum absolute atomic E-state index is 5.48. The first kappa shape index (κ1) is 13.8. The van der Waals surface area contributed by atoms with Gasteiger partial charge < -0.3 is 15.0 Å². The molecule has 0 saturated heterocycles. The van der Waals surface area contributed by atoms with Crippen LogP contribution in [-0.4, -0.2) is 34.3 Å². The van der Waals surface area contributed by atoms with Crippen LogP contribution in [0.1, 0.15) is 17.5 Å². The standard InChI is InChI=1S/C14H24N2O/c1-11-9-12(2)14(13(10-11)17-5)16(4)8-6-7-15-3/h9-10,15H,6-8H2,1-5H3. The van der Waals surface area contributed by atoms with Gasteiger partial charge in [-0.25, -0.2) is 0 Å². The number of nitrogens with zero attached hydrogens (tertiary/aromatic N) is 1. The van der Waals surface area contributed by atoms with Crippen LogP contribution in [0, 0.1) is 13.8 Å². The number of ether oxygens (including phenoxy) is 1. The summed E-state index contributed by atoms with van der Waals surface area (Å²) in [6, 6.07) is 4.29. The van der Waals surface area contributed by atoms with E-state index >= 15 is 0 Å². The molecule has 0 atom stereocenters. The summed E-state index contributed by atoms with van der Waals surface area (Å²) in [6.45, 7) is 6.30. The van der Waals surface area contributed by atoms with Gasteiger partial charge in [-0.2, -0.15) is 0 Å². The van der Waals surface area contributed by atoms with Crippen LogP contribution in [0.3, 0.4) is 0 Å². The van der Waals surface area contributed by atoms with E-state index in [1.807, 2.05) is 7.05 Å². The maximum Gasteiger partial charge on any atom is 0.142 e. The molecule has 0 heterocycles. The lowest BCUT2D eigenvalue weighted by atomic mass is 10.1. The molecule has 0 amide bonds. The second kappa shape index (κ2) is 6.50. The number of hydrogen-bond acceptors (Lipinski definition) is 3. The molecule has 0 aliphatic heterocycles. The highest BCUT2D eigenvalue weighted by Crippen LogP contribution is 2.32. The molecular weight excluding hydrogens is 212 g/mol. The number of anilines is 1. The highest BCUT2D eigenvalue weighted by atomic mass is 16.5. The van der Waals surface area contributed by atoms with Crippen molar-refractivity contribution in [3.63, 3.8) is 0 Å². The van der Waals surface area contributed by atoms with Gasteiger partial charge in [-0.15, -0.1) is 0 Å². The second-order valence-corrected chi connectivity index (χ2v) is 4.51. The van der Waals surface area contributed by atoms with Crippen LogP contribution in [0.4, 0.5) is 5.69 Å². The third-order valence-corrected chi connectivity index (χ3v) is 2.93. The molecule has 96 valence electrons. The van der Waals surface area contributed by atoms with Gasteiger partial charge in [-0.1, -0.05) is 6.07 Å². The molecule has 17 heavy (non-hydrogen) atoms. The molecule has 0 spiro atoms. The van der Waals surface area contributed by atoms with E-state index in [9.17, 15) is 0 Å². The quantitative estimate of drug-likeness (QED) is 0.767. The SMILES string of the molecule is CNCCCN(C)c1c(C)cc(C)cc1OC. The predicted molar refractivity (Wildman–Crippen MR) is 74.3 cm³/mol. The van der Waals surface area contributed by atoms with Crippen LogP contribution in [0.5, 0.6) is 5.75 Å². The van der Waals surface area contributed by atoms with Crippen molar-refractivity contribution in [2.24, 2.45) is 0 Å². The minimum atomic E-state index is 0.967.